The maximum absolute atomic E-state index is 14.0. The topological polar surface area (TPSA) is 56.1 Å². The van der Waals surface area contributed by atoms with Crippen LogP contribution in [-0.2, 0) is 6.54 Å². The van der Waals surface area contributed by atoms with E-state index in [1.807, 2.05) is 0 Å². The predicted octanol–water partition coefficient (Wildman–Crippen LogP) is 4.81. The largest absolute Gasteiger partial charge is 0.496 e. The first kappa shape index (κ1) is 22.3. The van der Waals surface area contributed by atoms with Gasteiger partial charge in [-0.1, -0.05) is 6.07 Å². The van der Waals surface area contributed by atoms with Crippen molar-refractivity contribution in [3.63, 3.8) is 0 Å². The van der Waals surface area contributed by atoms with Gasteiger partial charge in [0.25, 0.3) is 5.91 Å². The number of carbonyl (C=O) groups is 1. The molecular formula is C21H18F5N3O2. The van der Waals surface area contributed by atoms with Crippen LogP contribution in [0.15, 0.2) is 18.2 Å². The fourth-order valence-electron chi connectivity index (χ4n) is 3.23. The number of hydrogen-bond acceptors (Lipinski definition) is 3. The summed E-state index contributed by atoms with van der Waals surface area (Å²) < 4.78 is 74.6. The second kappa shape index (κ2) is 8.37. The lowest BCUT2D eigenvalue weighted by atomic mass is 10.1. The Bertz CT molecular complexity index is 1160. The number of aryl methyl sites for hydroxylation is 1. The Kier molecular flexibility index (Phi) is 6.01. The molecule has 1 aromatic heterocycles. The van der Waals surface area contributed by atoms with Crippen molar-refractivity contribution in [3.8, 4) is 5.75 Å². The molecule has 0 radical (unpaired) electrons. The van der Waals surface area contributed by atoms with Gasteiger partial charge >= 0.3 is 0 Å². The maximum atomic E-state index is 14.0. The van der Waals surface area contributed by atoms with Gasteiger partial charge < -0.3 is 10.1 Å². The summed E-state index contributed by atoms with van der Waals surface area (Å²) in [5, 5.41) is 6.76. The number of halogens is 5. The molecule has 1 amide bonds. The van der Waals surface area contributed by atoms with Gasteiger partial charge in [0, 0.05) is 11.1 Å². The van der Waals surface area contributed by atoms with E-state index < -0.39 is 47.1 Å². The van der Waals surface area contributed by atoms with Gasteiger partial charge in [0.15, 0.2) is 23.3 Å². The molecule has 0 aliphatic rings. The van der Waals surface area contributed by atoms with Gasteiger partial charge in [-0.2, -0.15) is 5.10 Å². The van der Waals surface area contributed by atoms with Crippen molar-refractivity contribution in [1.82, 2.24) is 9.78 Å². The van der Waals surface area contributed by atoms with Gasteiger partial charge in [-0.05, 0) is 32.9 Å². The van der Waals surface area contributed by atoms with Crippen LogP contribution in [0.25, 0.3) is 0 Å². The fraction of sp³-hybridized carbons (Fsp3) is 0.238. The minimum Gasteiger partial charge on any atom is -0.496 e. The second-order valence-electron chi connectivity index (χ2n) is 6.84. The Morgan fingerprint density at radius 1 is 1.00 bits per heavy atom. The van der Waals surface area contributed by atoms with Crippen molar-refractivity contribution in [3.05, 3.63) is 75.4 Å². The zero-order valence-corrected chi connectivity index (χ0v) is 17.0. The first-order valence-corrected chi connectivity index (χ1v) is 9.07. The molecule has 0 aliphatic carbocycles. The summed E-state index contributed by atoms with van der Waals surface area (Å²) in [6.45, 7) is 4.03. The van der Waals surface area contributed by atoms with E-state index in [2.05, 4.69) is 10.4 Å². The molecule has 1 heterocycles. The molecular weight excluding hydrogens is 421 g/mol. The van der Waals surface area contributed by atoms with Crippen molar-refractivity contribution in [2.75, 3.05) is 12.4 Å². The standard InChI is InChI=1S/C21H18F5N3O2/c1-9-12(6-5-7-14(9)31-4)21(30)27-20-10(2)28-29(11(20)3)8-13-15(22)17(24)19(26)18(25)16(13)23/h5-7H,8H2,1-4H3,(H,27,30). The first-order valence-electron chi connectivity index (χ1n) is 9.07. The third-order valence-corrected chi connectivity index (χ3v) is 4.98. The van der Waals surface area contributed by atoms with E-state index in [-0.39, 0.29) is 11.4 Å². The number of methoxy groups -OCH3 is 1. The lowest BCUT2D eigenvalue weighted by Crippen LogP contribution is -2.15. The van der Waals surface area contributed by atoms with Crippen molar-refractivity contribution in [2.45, 2.75) is 27.3 Å². The number of nitrogens with zero attached hydrogens (tertiary/aromatic N) is 2. The van der Waals surface area contributed by atoms with Crippen molar-refractivity contribution >= 4 is 11.6 Å². The average Bonchev–Trinajstić information content (AvgIpc) is 3.01. The fourth-order valence-corrected chi connectivity index (χ4v) is 3.23. The highest BCUT2D eigenvalue weighted by atomic mass is 19.2. The molecule has 0 aliphatic heterocycles. The van der Waals surface area contributed by atoms with Crippen LogP contribution in [0.4, 0.5) is 27.6 Å². The number of rotatable bonds is 5. The average molecular weight is 439 g/mol. The van der Waals surface area contributed by atoms with E-state index in [1.165, 1.54) is 21.0 Å². The molecule has 31 heavy (non-hydrogen) atoms. The predicted molar refractivity (Wildman–Crippen MR) is 103 cm³/mol. The quantitative estimate of drug-likeness (QED) is 0.353. The van der Waals surface area contributed by atoms with Gasteiger partial charge in [0.1, 0.15) is 5.75 Å². The van der Waals surface area contributed by atoms with Crippen LogP contribution in [0.1, 0.15) is 32.9 Å². The van der Waals surface area contributed by atoms with Crippen LogP contribution in [0, 0.1) is 49.9 Å². The number of hydrogen-bond donors (Lipinski definition) is 1. The summed E-state index contributed by atoms with van der Waals surface area (Å²) in [4.78, 5) is 12.7. The number of benzene rings is 2. The molecule has 2 aromatic carbocycles. The lowest BCUT2D eigenvalue weighted by Gasteiger charge is -2.12. The Labute approximate surface area is 174 Å². The highest BCUT2D eigenvalue weighted by Crippen LogP contribution is 2.27. The molecule has 10 heteroatoms. The molecule has 1 N–H and O–H groups in total. The van der Waals surface area contributed by atoms with E-state index in [9.17, 15) is 26.7 Å². The maximum Gasteiger partial charge on any atom is 0.256 e. The summed E-state index contributed by atoms with van der Waals surface area (Å²) in [5.41, 5.74) is 0.752. The molecule has 0 atom stereocenters. The molecule has 5 nitrogen and oxygen atoms in total. The summed E-state index contributed by atoms with van der Waals surface area (Å²) in [7, 11) is 1.47. The van der Waals surface area contributed by atoms with Gasteiger partial charge in [-0.25, -0.2) is 22.0 Å². The van der Waals surface area contributed by atoms with E-state index in [0.29, 0.717) is 22.6 Å². The number of nitrogens with one attached hydrogen (secondary N) is 1. The van der Waals surface area contributed by atoms with Crippen LogP contribution in [-0.4, -0.2) is 22.8 Å². The van der Waals surface area contributed by atoms with Gasteiger partial charge in [0.05, 0.1) is 36.3 Å². The highest BCUT2D eigenvalue weighted by Gasteiger charge is 2.27. The smallest absolute Gasteiger partial charge is 0.256 e. The first-order chi connectivity index (χ1) is 14.6. The van der Waals surface area contributed by atoms with Gasteiger partial charge in [-0.3, -0.25) is 9.48 Å². The normalized spacial score (nSPS) is 11.0. The molecule has 164 valence electrons. The van der Waals surface area contributed by atoms with Gasteiger partial charge in [-0.15, -0.1) is 0 Å². The summed E-state index contributed by atoms with van der Waals surface area (Å²) >= 11 is 0. The number of aromatic nitrogens is 2. The molecule has 0 saturated heterocycles. The molecule has 0 unspecified atom stereocenters. The summed E-state index contributed by atoms with van der Waals surface area (Å²) in [6.07, 6.45) is 0. The Morgan fingerprint density at radius 3 is 2.16 bits per heavy atom. The third kappa shape index (κ3) is 3.85. The van der Waals surface area contributed by atoms with E-state index in [4.69, 9.17) is 4.74 Å². The molecule has 3 rings (SSSR count). The lowest BCUT2D eigenvalue weighted by molar-refractivity contribution is 0.102. The summed E-state index contributed by atoms with van der Waals surface area (Å²) in [6, 6.07) is 4.94. The highest BCUT2D eigenvalue weighted by molar-refractivity contribution is 6.06. The minimum absolute atomic E-state index is 0.260. The number of carbonyl (C=O) groups excluding carboxylic acids is 1. The van der Waals surface area contributed by atoms with Crippen LogP contribution in [0.3, 0.4) is 0 Å². The van der Waals surface area contributed by atoms with Crippen LogP contribution in [0.2, 0.25) is 0 Å². The monoisotopic (exact) mass is 439 g/mol. The van der Waals surface area contributed by atoms with Crippen LogP contribution >= 0.6 is 0 Å². The second-order valence-corrected chi connectivity index (χ2v) is 6.84. The number of anilines is 1. The molecule has 0 saturated carbocycles. The molecule has 0 bridgehead atoms. The van der Waals surface area contributed by atoms with Crippen LogP contribution < -0.4 is 10.1 Å². The molecule has 0 fully saturated rings. The van der Waals surface area contributed by atoms with Crippen LogP contribution in [0.5, 0.6) is 5.75 Å². The number of ether oxygens (including phenoxy) is 1. The zero-order valence-electron chi connectivity index (χ0n) is 17.0. The van der Waals surface area contributed by atoms with Gasteiger partial charge in [0.2, 0.25) is 5.82 Å². The zero-order chi connectivity index (χ0) is 23.0. The Morgan fingerprint density at radius 2 is 1.58 bits per heavy atom. The van der Waals surface area contributed by atoms with E-state index in [0.717, 1.165) is 4.68 Å². The molecule has 0 spiro atoms. The van der Waals surface area contributed by atoms with E-state index >= 15 is 0 Å². The third-order valence-electron chi connectivity index (χ3n) is 4.98. The van der Waals surface area contributed by atoms with Crippen molar-refractivity contribution < 1.29 is 31.5 Å². The minimum atomic E-state index is -2.23. The van der Waals surface area contributed by atoms with Crippen molar-refractivity contribution in [2.24, 2.45) is 0 Å². The summed E-state index contributed by atoms with van der Waals surface area (Å²) in [5.74, 6) is -10.1. The van der Waals surface area contributed by atoms with E-state index in [1.54, 1.807) is 25.1 Å². The van der Waals surface area contributed by atoms with Crippen molar-refractivity contribution in [1.29, 1.82) is 0 Å². The Hall–Kier alpha value is -3.43. The number of amides is 1. The SMILES string of the molecule is COc1cccc(C(=O)Nc2c(C)nn(Cc3c(F)c(F)c(F)c(F)c3F)c2C)c1C. The molecule has 3 aromatic rings. The Balaban J connectivity index is 1.95.